The predicted molar refractivity (Wildman–Crippen MR) is 116 cm³/mol. The Morgan fingerprint density at radius 2 is 1.83 bits per heavy atom. The summed E-state index contributed by atoms with van der Waals surface area (Å²) >= 11 is 0. The van der Waals surface area contributed by atoms with Crippen LogP contribution in [0.3, 0.4) is 0 Å². The van der Waals surface area contributed by atoms with Crippen molar-refractivity contribution in [1.82, 2.24) is 15.2 Å². The molecule has 0 saturated carbocycles. The van der Waals surface area contributed by atoms with E-state index in [9.17, 15) is 5.11 Å². The number of hydrogen-bond donors (Lipinski definition) is 2. The number of benzene rings is 1. The van der Waals surface area contributed by atoms with Crippen molar-refractivity contribution in [2.45, 2.75) is 24.9 Å². The van der Waals surface area contributed by atoms with Crippen molar-refractivity contribution in [1.29, 1.82) is 0 Å². The maximum atomic E-state index is 10.2. The Bertz CT molecular complexity index is 1060. The van der Waals surface area contributed by atoms with Crippen LogP contribution in [-0.4, -0.2) is 52.6 Å². The molecule has 0 radical (unpaired) electrons. The summed E-state index contributed by atoms with van der Waals surface area (Å²) in [7, 11) is 1.64. The van der Waals surface area contributed by atoms with Gasteiger partial charge in [0.05, 0.1) is 18.5 Å². The van der Waals surface area contributed by atoms with Gasteiger partial charge in [0.1, 0.15) is 5.75 Å². The molecule has 2 aliphatic rings. The molecule has 30 heavy (non-hydrogen) atoms. The highest BCUT2D eigenvalue weighted by Crippen LogP contribution is 2.39. The van der Waals surface area contributed by atoms with Crippen LogP contribution in [0.25, 0.3) is 11.3 Å². The second kappa shape index (κ2) is 7.37. The van der Waals surface area contributed by atoms with Crippen molar-refractivity contribution in [3.63, 3.8) is 0 Å². The lowest BCUT2D eigenvalue weighted by atomic mass is 10.1. The van der Waals surface area contributed by atoms with Crippen LogP contribution in [0.2, 0.25) is 0 Å². The first-order valence-corrected chi connectivity index (χ1v) is 10.1. The van der Waals surface area contributed by atoms with Gasteiger partial charge in [-0.05, 0) is 37.1 Å². The molecule has 5 rings (SSSR count). The number of piperazine rings is 1. The molecule has 0 aliphatic carbocycles. The van der Waals surface area contributed by atoms with E-state index < -0.39 is 0 Å². The number of para-hydroxylation sites is 1. The Morgan fingerprint density at radius 3 is 2.57 bits per heavy atom. The number of anilines is 3. The number of nitrogen functional groups attached to an aromatic ring is 1. The number of phenolic OH excluding ortho intramolecular Hbond substituents is 1. The molecule has 2 atom stereocenters. The van der Waals surface area contributed by atoms with Gasteiger partial charge in [0.25, 0.3) is 0 Å². The Morgan fingerprint density at radius 1 is 1.07 bits per heavy atom. The molecular formula is C22H24N6O2. The quantitative estimate of drug-likeness (QED) is 0.685. The van der Waals surface area contributed by atoms with Crippen LogP contribution in [0.5, 0.6) is 11.6 Å². The summed E-state index contributed by atoms with van der Waals surface area (Å²) in [5.41, 5.74) is 9.49. The van der Waals surface area contributed by atoms with Crippen LogP contribution in [0.15, 0.2) is 48.7 Å². The minimum absolute atomic E-state index is 0.180. The average Bonchev–Trinajstić information content (AvgIpc) is 3.04. The fourth-order valence-electron chi connectivity index (χ4n) is 4.66. The minimum Gasteiger partial charge on any atom is -0.507 e. The summed E-state index contributed by atoms with van der Waals surface area (Å²) in [6, 6.07) is 13.9. The largest absolute Gasteiger partial charge is 0.507 e. The van der Waals surface area contributed by atoms with Gasteiger partial charge in [-0.3, -0.25) is 0 Å². The lowest BCUT2D eigenvalue weighted by Gasteiger charge is -2.43. The number of fused-ring (bicyclic) bond motifs is 2. The standard InChI is InChI=1S/C22H24N6O2/c1-30-21-10-14(8-9-24-21)28-15-6-7-16(28)13-27(12-15)19-11-18(25-26-22(19)23)17-4-2-3-5-20(17)29/h2-5,8-11,15-16,29H,6-7,12-13H2,1H3,(H2,23,26). The monoisotopic (exact) mass is 404 g/mol. The summed E-state index contributed by atoms with van der Waals surface area (Å²) < 4.78 is 5.31. The van der Waals surface area contributed by atoms with Crippen molar-refractivity contribution in [2.75, 3.05) is 35.7 Å². The van der Waals surface area contributed by atoms with Crippen LogP contribution in [0.4, 0.5) is 17.2 Å². The van der Waals surface area contributed by atoms with E-state index in [1.54, 1.807) is 25.4 Å². The Balaban J connectivity index is 1.44. The first-order chi connectivity index (χ1) is 14.6. The lowest BCUT2D eigenvalue weighted by Crippen LogP contribution is -2.54. The average molecular weight is 404 g/mol. The van der Waals surface area contributed by atoms with E-state index in [0.717, 1.165) is 37.3 Å². The van der Waals surface area contributed by atoms with Crippen molar-refractivity contribution >= 4 is 17.2 Å². The third kappa shape index (κ3) is 3.14. The molecule has 2 unspecified atom stereocenters. The molecule has 1 aromatic carbocycles. The first-order valence-electron chi connectivity index (χ1n) is 10.1. The SMILES string of the molecule is COc1cc(N2C3CCC2CN(c2cc(-c4ccccc4O)nnc2N)C3)ccn1. The summed E-state index contributed by atoms with van der Waals surface area (Å²) in [5.74, 6) is 1.22. The van der Waals surface area contributed by atoms with Gasteiger partial charge in [-0.1, -0.05) is 12.1 Å². The number of aromatic nitrogens is 3. The highest BCUT2D eigenvalue weighted by molar-refractivity contribution is 5.74. The number of hydrogen-bond acceptors (Lipinski definition) is 8. The molecule has 2 bridgehead atoms. The van der Waals surface area contributed by atoms with E-state index >= 15 is 0 Å². The fourth-order valence-corrected chi connectivity index (χ4v) is 4.66. The van der Waals surface area contributed by atoms with Crippen molar-refractivity contribution < 1.29 is 9.84 Å². The number of methoxy groups -OCH3 is 1. The van der Waals surface area contributed by atoms with Crippen LogP contribution in [-0.2, 0) is 0 Å². The first kappa shape index (κ1) is 18.5. The zero-order valence-corrected chi connectivity index (χ0v) is 16.8. The van der Waals surface area contributed by atoms with Crippen LogP contribution < -0.4 is 20.3 Å². The van der Waals surface area contributed by atoms with Crippen molar-refractivity contribution in [2.24, 2.45) is 0 Å². The normalized spacial score (nSPS) is 20.4. The number of phenols is 1. The zero-order chi connectivity index (χ0) is 20.7. The molecule has 8 heteroatoms. The summed E-state index contributed by atoms with van der Waals surface area (Å²) in [5, 5.41) is 18.6. The Hall–Kier alpha value is -3.55. The van der Waals surface area contributed by atoms with Crippen molar-refractivity contribution in [3.8, 4) is 22.9 Å². The van der Waals surface area contributed by atoms with Gasteiger partial charge < -0.3 is 25.4 Å². The summed E-state index contributed by atoms with van der Waals surface area (Å²) in [6.07, 6.45) is 4.04. The van der Waals surface area contributed by atoms with E-state index in [2.05, 4.69) is 25.0 Å². The van der Waals surface area contributed by atoms with E-state index in [4.69, 9.17) is 10.5 Å². The van der Waals surface area contributed by atoms with Crippen LogP contribution in [0, 0.1) is 0 Å². The maximum absolute atomic E-state index is 10.2. The van der Waals surface area contributed by atoms with Crippen LogP contribution in [0.1, 0.15) is 12.8 Å². The van der Waals surface area contributed by atoms with E-state index in [1.807, 2.05) is 30.3 Å². The number of nitrogens with two attached hydrogens (primary N) is 1. The lowest BCUT2D eigenvalue weighted by molar-refractivity contribution is 0.397. The number of rotatable bonds is 4. The van der Waals surface area contributed by atoms with Gasteiger partial charge in [0, 0.05) is 48.7 Å². The number of pyridine rings is 1. The molecule has 2 fully saturated rings. The Labute approximate surface area is 174 Å². The Kier molecular flexibility index (Phi) is 4.54. The zero-order valence-electron chi connectivity index (χ0n) is 16.8. The molecule has 3 N–H and O–H groups in total. The molecule has 0 spiro atoms. The fraction of sp³-hybridized carbons (Fsp3) is 0.318. The summed E-state index contributed by atoms with van der Waals surface area (Å²) in [6.45, 7) is 1.69. The molecule has 2 saturated heterocycles. The van der Waals surface area contributed by atoms with Gasteiger partial charge in [-0.25, -0.2) is 4.98 Å². The van der Waals surface area contributed by atoms with E-state index in [1.165, 1.54) is 0 Å². The minimum atomic E-state index is 0.180. The van der Waals surface area contributed by atoms with E-state index in [0.29, 0.717) is 35.0 Å². The molecule has 154 valence electrons. The van der Waals surface area contributed by atoms with Gasteiger partial charge in [-0.15, -0.1) is 10.2 Å². The second-order valence-electron chi connectivity index (χ2n) is 7.77. The highest BCUT2D eigenvalue weighted by atomic mass is 16.5. The van der Waals surface area contributed by atoms with Crippen LogP contribution >= 0.6 is 0 Å². The number of nitrogens with zero attached hydrogens (tertiary/aromatic N) is 5. The van der Waals surface area contributed by atoms with Gasteiger partial charge >= 0.3 is 0 Å². The van der Waals surface area contributed by atoms with Gasteiger partial charge in [0.15, 0.2) is 5.82 Å². The molecule has 8 nitrogen and oxygen atoms in total. The molecule has 2 aliphatic heterocycles. The molecule has 3 aromatic rings. The van der Waals surface area contributed by atoms with Crippen molar-refractivity contribution in [3.05, 3.63) is 48.7 Å². The molecule has 0 amide bonds. The van der Waals surface area contributed by atoms with E-state index in [-0.39, 0.29) is 5.75 Å². The maximum Gasteiger partial charge on any atom is 0.214 e. The third-order valence-corrected chi connectivity index (χ3v) is 6.03. The smallest absolute Gasteiger partial charge is 0.214 e. The second-order valence-corrected chi connectivity index (χ2v) is 7.77. The predicted octanol–water partition coefficient (Wildman–Crippen LogP) is 2.69. The topological polar surface area (TPSA) is 101 Å². The highest BCUT2D eigenvalue weighted by Gasteiger charge is 2.40. The van der Waals surface area contributed by atoms with Gasteiger partial charge in [0.2, 0.25) is 5.88 Å². The van der Waals surface area contributed by atoms with Gasteiger partial charge in [-0.2, -0.15) is 0 Å². The molecule has 2 aromatic heterocycles. The molecular weight excluding hydrogens is 380 g/mol. The number of ether oxygens (including phenoxy) is 1. The third-order valence-electron chi connectivity index (χ3n) is 6.03. The number of aromatic hydroxyl groups is 1. The summed E-state index contributed by atoms with van der Waals surface area (Å²) in [4.78, 5) is 9.01. The molecule has 4 heterocycles.